The minimum absolute atomic E-state index is 0.134. The summed E-state index contributed by atoms with van der Waals surface area (Å²) in [7, 11) is 0. The highest BCUT2D eigenvalue weighted by molar-refractivity contribution is 5.78. The van der Waals surface area contributed by atoms with Crippen molar-refractivity contribution in [2.45, 2.75) is 6.42 Å². The molecule has 19 heavy (non-hydrogen) atoms. The van der Waals surface area contributed by atoms with E-state index in [0.29, 0.717) is 32.6 Å². The van der Waals surface area contributed by atoms with Crippen molar-refractivity contribution in [3.63, 3.8) is 0 Å². The average Bonchev–Trinajstić information content (AvgIpc) is 2.78. The number of aromatic nitrogens is 1. The summed E-state index contributed by atoms with van der Waals surface area (Å²) in [5.74, 6) is 0.291. The molecular weight excluding hydrogens is 244 g/mol. The summed E-state index contributed by atoms with van der Waals surface area (Å²) in [4.78, 5) is 20.2. The highest BCUT2D eigenvalue weighted by Crippen LogP contribution is 2.17. The molecule has 0 spiro atoms. The van der Waals surface area contributed by atoms with Crippen LogP contribution in [0.1, 0.15) is 6.42 Å². The fourth-order valence-corrected chi connectivity index (χ4v) is 2.15. The van der Waals surface area contributed by atoms with Gasteiger partial charge in [-0.25, -0.2) is 0 Å². The molecule has 1 aliphatic rings. The predicted molar refractivity (Wildman–Crippen MR) is 71.4 cm³/mol. The first-order valence-corrected chi connectivity index (χ1v) is 6.22. The molecule has 1 saturated heterocycles. The van der Waals surface area contributed by atoms with E-state index in [9.17, 15) is 4.79 Å². The van der Waals surface area contributed by atoms with Gasteiger partial charge in [0.05, 0.1) is 0 Å². The van der Waals surface area contributed by atoms with Gasteiger partial charge in [0.2, 0.25) is 5.91 Å². The first-order chi connectivity index (χ1) is 9.29. The Morgan fingerprint density at radius 3 is 3.05 bits per heavy atom. The molecule has 1 aliphatic heterocycles. The topological polar surface area (TPSA) is 94.0 Å². The summed E-state index contributed by atoms with van der Waals surface area (Å²) >= 11 is 0. The lowest BCUT2D eigenvalue weighted by Crippen LogP contribution is -2.30. The van der Waals surface area contributed by atoms with Gasteiger partial charge in [-0.15, -0.1) is 0 Å². The van der Waals surface area contributed by atoms with Gasteiger partial charge < -0.3 is 10.2 Å². The summed E-state index contributed by atoms with van der Waals surface area (Å²) in [5.41, 5.74) is 9.26. The number of azide groups is 1. The number of hydrogen-bond donors (Lipinski definition) is 1. The Hall–Kier alpha value is -2.27. The number of nitrogens with one attached hydrogen (secondary N) is 1. The van der Waals surface area contributed by atoms with Crippen LogP contribution in [0.25, 0.3) is 10.4 Å². The molecule has 0 saturated carbocycles. The second kappa shape index (κ2) is 6.61. The largest absolute Gasteiger partial charge is 0.383 e. The SMILES string of the molecule is [N-]=[N+]=NCC1CC(=O)N(CCNc2ccncc2)C1. The number of nitrogens with zero attached hydrogens (tertiary/aromatic N) is 5. The van der Waals surface area contributed by atoms with Crippen LogP contribution < -0.4 is 5.32 Å². The van der Waals surface area contributed by atoms with Crippen LogP contribution in [-0.2, 0) is 4.79 Å². The number of carbonyl (C=O) groups excluding carboxylic acids is 1. The van der Waals surface area contributed by atoms with Crippen LogP contribution in [0.4, 0.5) is 5.69 Å². The van der Waals surface area contributed by atoms with E-state index in [1.807, 2.05) is 17.0 Å². The Morgan fingerprint density at radius 2 is 2.32 bits per heavy atom. The van der Waals surface area contributed by atoms with E-state index < -0.39 is 0 Å². The van der Waals surface area contributed by atoms with Crippen LogP contribution in [0.3, 0.4) is 0 Å². The zero-order valence-corrected chi connectivity index (χ0v) is 10.6. The number of hydrogen-bond acceptors (Lipinski definition) is 4. The summed E-state index contributed by atoms with van der Waals surface area (Å²) < 4.78 is 0. The fourth-order valence-electron chi connectivity index (χ4n) is 2.15. The Kier molecular flexibility index (Phi) is 4.58. The first kappa shape index (κ1) is 13.2. The Bertz CT molecular complexity index is 470. The van der Waals surface area contributed by atoms with E-state index in [4.69, 9.17) is 5.53 Å². The van der Waals surface area contributed by atoms with E-state index in [0.717, 1.165) is 5.69 Å². The van der Waals surface area contributed by atoms with Crippen molar-refractivity contribution in [2.24, 2.45) is 11.0 Å². The number of amides is 1. The number of carbonyl (C=O) groups is 1. The molecule has 0 radical (unpaired) electrons. The van der Waals surface area contributed by atoms with Gasteiger partial charge in [-0.3, -0.25) is 9.78 Å². The number of likely N-dealkylation sites (tertiary alicyclic amines) is 1. The molecule has 1 N–H and O–H groups in total. The Balaban J connectivity index is 1.74. The molecule has 1 aromatic heterocycles. The van der Waals surface area contributed by atoms with E-state index in [2.05, 4.69) is 20.3 Å². The normalized spacial score (nSPS) is 18.2. The molecule has 7 nitrogen and oxygen atoms in total. The molecular formula is C12H16N6O. The van der Waals surface area contributed by atoms with Gasteiger partial charge in [-0.2, -0.15) is 0 Å². The van der Waals surface area contributed by atoms with Crippen molar-refractivity contribution in [3.05, 3.63) is 35.0 Å². The van der Waals surface area contributed by atoms with Gasteiger partial charge in [0.1, 0.15) is 0 Å². The first-order valence-electron chi connectivity index (χ1n) is 6.22. The number of rotatable bonds is 6. The molecule has 1 atom stereocenters. The zero-order chi connectivity index (χ0) is 13.5. The van der Waals surface area contributed by atoms with Gasteiger partial charge in [0.15, 0.2) is 0 Å². The van der Waals surface area contributed by atoms with Crippen LogP contribution in [0.15, 0.2) is 29.6 Å². The minimum atomic E-state index is 0.134. The molecule has 2 heterocycles. The van der Waals surface area contributed by atoms with Gasteiger partial charge >= 0.3 is 0 Å². The van der Waals surface area contributed by atoms with E-state index >= 15 is 0 Å². The predicted octanol–water partition coefficient (Wildman–Crippen LogP) is 1.65. The van der Waals surface area contributed by atoms with E-state index in [1.54, 1.807) is 12.4 Å². The molecule has 1 fully saturated rings. The van der Waals surface area contributed by atoms with Gasteiger partial charge in [0, 0.05) is 55.6 Å². The van der Waals surface area contributed by atoms with Crippen molar-refractivity contribution >= 4 is 11.6 Å². The maximum absolute atomic E-state index is 11.7. The lowest BCUT2D eigenvalue weighted by atomic mass is 10.1. The molecule has 0 bridgehead atoms. The third kappa shape index (κ3) is 3.86. The van der Waals surface area contributed by atoms with Gasteiger partial charge in [-0.1, -0.05) is 5.11 Å². The molecule has 7 heteroatoms. The Labute approximate surface area is 111 Å². The standard InChI is InChI=1S/C12H16N6O/c13-17-16-8-10-7-12(19)18(9-10)6-5-15-11-1-3-14-4-2-11/h1-4,10H,5-9H2,(H,14,15). The maximum Gasteiger partial charge on any atom is 0.222 e. The number of anilines is 1. The van der Waals surface area contributed by atoms with E-state index in [1.165, 1.54) is 0 Å². The minimum Gasteiger partial charge on any atom is -0.383 e. The monoisotopic (exact) mass is 260 g/mol. The Morgan fingerprint density at radius 1 is 1.53 bits per heavy atom. The summed E-state index contributed by atoms with van der Waals surface area (Å²) in [6.07, 6.45) is 3.92. The quantitative estimate of drug-likeness (QED) is 0.478. The molecule has 0 aromatic carbocycles. The van der Waals surface area contributed by atoms with Crippen LogP contribution >= 0.6 is 0 Å². The zero-order valence-electron chi connectivity index (χ0n) is 10.6. The van der Waals surface area contributed by atoms with Crippen LogP contribution in [-0.4, -0.2) is 42.0 Å². The molecule has 2 rings (SSSR count). The number of pyridine rings is 1. The van der Waals surface area contributed by atoms with Crippen molar-refractivity contribution in [1.29, 1.82) is 0 Å². The third-order valence-electron chi connectivity index (χ3n) is 3.09. The summed E-state index contributed by atoms with van der Waals surface area (Å²) in [5, 5.41) is 6.76. The summed E-state index contributed by atoms with van der Waals surface area (Å²) in [6, 6.07) is 3.77. The van der Waals surface area contributed by atoms with Gasteiger partial charge in [0.25, 0.3) is 0 Å². The van der Waals surface area contributed by atoms with Crippen molar-refractivity contribution < 1.29 is 4.79 Å². The van der Waals surface area contributed by atoms with Crippen LogP contribution in [0.2, 0.25) is 0 Å². The lowest BCUT2D eigenvalue weighted by Gasteiger charge is -2.17. The molecule has 100 valence electrons. The molecule has 1 aromatic rings. The van der Waals surface area contributed by atoms with Crippen LogP contribution in [0, 0.1) is 5.92 Å². The second-order valence-corrected chi connectivity index (χ2v) is 4.49. The van der Waals surface area contributed by atoms with Gasteiger partial charge in [-0.05, 0) is 23.6 Å². The average molecular weight is 260 g/mol. The smallest absolute Gasteiger partial charge is 0.222 e. The van der Waals surface area contributed by atoms with Crippen molar-refractivity contribution in [1.82, 2.24) is 9.88 Å². The van der Waals surface area contributed by atoms with Crippen molar-refractivity contribution in [2.75, 3.05) is 31.5 Å². The van der Waals surface area contributed by atoms with E-state index in [-0.39, 0.29) is 11.8 Å². The second-order valence-electron chi connectivity index (χ2n) is 4.49. The third-order valence-corrected chi connectivity index (χ3v) is 3.09. The lowest BCUT2D eigenvalue weighted by molar-refractivity contribution is -0.127. The molecule has 1 unspecified atom stereocenters. The van der Waals surface area contributed by atoms with Crippen LogP contribution in [0.5, 0.6) is 0 Å². The molecule has 0 aliphatic carbocycles. The summed E-state index contributed by atoms with van der Waals surface area (Å²) in [6.45, 7) is 2.43. The van der Waals surface area contributed by atoms with Crippen molar-refractivity contribution in [3.8, 4) is 0 Å². The maximum atomic E-state index is 11.7. The highest BCUT2D eigenvalue weighted by atomic mass is 16.2. The molecule has 1 amide bonds. The fraction of sp³-hybridized carbons (Fsp3) is 0.500. The highest BCUT2D eigenvalue weighted by Gasteiger charge is 2.28.